The lowest BCUT2D eigenvalue weighted by atomic mass is 9.84. The van der Waals surface area contributed by atoms with Crippen LogP contribution in [-0.2, 0) is 6.42 Å². The molecule has 2 nitrogen and oxygen atoms in total. The predicted molar refractivity (Wildman–Crippen MR) is 138 cm³/mol. The molecule has 0 saturated heterocycles. The average Bonchev–Trinajstić information content (AvgIpc) is 2.83. The lowest BCUT2D eigenvalue weighted by molar-refractivity contribution is 0.414. The van der Waals surface area contributed by atoms with Crippen LogP contribution in [0.1, 0.15) is 120 Å². The SMILES string of the molecule is CCCCCCCCCCCCc1ccccc1O.Oc1ccccc1C1CCCCC1. The van der Waals surface area contributed by atoms with Gasteiger partial charge in [-0.25, -0.2) is 0 Å². The van der Waals surface area contributed by atoms with E-state index in [4.69, 9.17) is 0 Å². The molecule has 2 aromatic carbocycles. The number of phenols is 2. The topological polar surface area (TPSA) is 40.5 Å². The number of hydrogen-bond donors (Lipinski definition) is 2. The summed E-state index contributed by atoms with van der Waals surface area (Å²) in [5.41, 5.74) is 2.25. The second-order valence-electron chi connectivity index (χ2n) is 9.45. The van der Waals surface area contributed by atoms with Crippen LogP contribution in [0.3, 0.4) is 0 Å². The summed E-state index contributed by atoms with van der Waals surface area (Å²) in [6.07, 6.45) is 21.1. The molecule has 0 radical (unpaired) electrons. The summed E-state index contributed by atoms with van der Waals surface area (Å²) in [4.78, 5) is 0. The molecule has 2 heteroatoms. The first-order valence-electron chi connectivity index (χ1n) is 13.3. The van der Waals surface area contributed by atoms with Crippen LogP contribution in [0.5, 0.6) is 11.5 Å². The molecule has 178 valence electrons. The zero-order valence-corrected chi connectivity index (χ0v) is 20.4. The molecule has 1 aliphatic rings. The van der Waals surface area contributed by atoms with Crippen molar-refractivity contribution in [3.8, 4) is 11.5 Å². The molecule has 0 heterocycles. The fraction of sp³-hybridized carbons (Fsp3) is 0.600. The summed E-state index contributed by atoms with van der Waals surface area (Å²) in [7, 11) is 0. The molecule has 0 spiro atoms. The van der Waals surface area contributed by atoms with Crippen LogP contribution in [0.15, 0.2) is 48.5 Å². The second kappa shape index (κ2) is 16.6. The molecule has 2 N–H and O–H groups in total. The van der Waals surface area contributed by atoms with Crippen LogP contribution in [0.2, 0.25) is 0 Å². The molecule has 0 aromatic heterocycles. The fourth-order valence-corrected chi connectivity index (χ4v) is 4.77. The first-order valence-corrected chi connectivity index (χ1v) is 13.3. The van der Waals surface area contributed by atoms with Crippen molar-refractivity contribution in [2.45, 2.75) is 116 Å². The van der Waals surface area contributed by atoms with Gasteiger partial charge in [0.05, 0.1) is 0 Å². The van der Waals surface area contributed by atoms with Gasteiger partial charge in [0.1, 0.15) is 11.5 Å². The van der Waals surface area contributed by atoms with Crippen molar-refractivity contribution < 1.29 is 10.2 Å². The van der Waals surface area contributed by atoms with Crippen molar-refractivity contribution in [1.82, 2.24) is 0 Å². The second-order valence-corrected chi connectivity index (χ2v) is 9.45. The molecule has 0 aliphatic heterocycles. The minimum absolute atomic E-state index is 0.457. The lowest BCUT2D eigenvalue weighted by Gasteiger charge is -2.22. The number of hydrogen-bond acceptors (Lipinski definition) is 2. The molecule has 1 aliphatic carbocycles. The Bertz CT molecular complexity index is 718. The number of rotatable bonds is 12. The van der Waals surface area contributed by atoms with E-state index in [1.807, 2.05) is 30.3 Å². The van der Waals surface area contributed by atoms with Crippen LogP contribution in [0.4, 0.5) is 0 Å². The maximum absolute atomic E-state index is 9.66. The Labute approximate surface area is 197 Å². The van der Waals surface area contributed by atoms with E-state index in [9.17, 15) is 10.2 Å². The predicted octanol–water partition coefficient (Wildman–Crippen LogP) is 9.30. The maximum atomic E-state index is 9.66. The summed E-state index contributed by atoms with van der Waals surface area (Å²) >= 11 is 0. The largest absolute Gasteiger partial charge is 0.508 e. The van der Waals surface area contributed by atoms with Crippen molar-refractivity contribution in [1.29, 1.82) is 0 Å². The number of benzene rings is 2. The molecule has 1 fully saturated rings. The van der Waals surface area contributed by atoms with E-state index >= 15 is 0 Å². The molecule has 0 atom stereocenters. The highest BCUT2D eigenvalue weighted by Crippen LogP contribution is 2.36. The third-order valence-electron chi connectivity index (χ3n) is 6.77. The quantitative estimate of drug-likeness (QED) is 0.324. The monoisotopic (exact) mass is 438 g/mol. The highest BCUT2D eigenvalue weighted by molar-refractivity contribution is 5.35. The number of aryl methyl sites for hydroxylation is 1. The molecular weight excluding hydrogens is 392 g/mol. The van der Waals surface area contributed by atoms with Gasteiger partial charge < -0.3 is 10.2 Å². The molecule has 3 rings (SSSR count). The number of para-hydroxylation sites is 2. The summed E-state index contributed by atoms with van der Waals surface area (Å²) < 4.78 is 0. The van der Waals surface area contributed by atoms with Crippen molar-refractivity contribution >= 4 is 0 Å². The van der Waals surface area contributed by atoms with Crippen LogP contribution in [-0.4, -0.2) is 10.2 Å². The Kier molecular flexibility index (Phi) is 13.7. The van der Waals surface area contributed by atoms with Gasteiger partial charge in [-0.05, 0) is 54.9 Å². The van der Waals surface area contributed by atoms with E-state index in [2.05, 4.69) is 13.0 Å². The van der Waals surface area contributed by atoms with Gasteiger partial charge in [-0.15, -0.1) is 0 Å². The number of unbranched alkanes of at least 4 members (excludes halogenated alkanes) is 9. The summed E-state index contributed by atoms with van der Waals surface area (Å²) in [5, 5.41) is 19.3. The minimum Gasteiger partial charge on any atom is -0.508 e. The fourth-order valence-electron chi connectivity index (χ4n) is 4.77. The van der Waals surface area contributed by atoms with Crippen LogP contribution >= 0.6 is 0 Å². The van der Waals surface area contributed by atoms with Gasteiger partial charge in [-0.1, -0.05) is 120 Å². The van der Waals surface area contributed by atoms with Crippen molar-refractivity contribution in [2.75, 3.05) is 0 Å². The Morgan fingerprint density at radius 2 is 1.16 bits per heavy atom. The third kappa shape index (κ3) is 10.6. The maximum Gasteiger partial charge on any atom is 0.119 e. The minimum atomic E-state index is 0.457. The molecule has 2 aromatic rings. The summed E-state index contributed by atoms with van der Waals surface area (Å²) in [6.45, 7) is 2.27. The first kappa shape index (κ1) is 26.3. The highest BCUT2D eigenvalue weighted by atomic mass is 16.3. The van der Waals surface area contributed by atoms with Crippen LogP contribution in [0.25, 0.3) is 0 Å². The van der Waals surface area contributed by atoms with Gasteiger partial charge in [0.2, 0.25) is 0 Å². The Morgan fingerprint density at radius 1 is 0.625 bits per heavy atom. The van der Waals surface area contributed by atoms with Crippen LogP contribution < -0.4 is 0 Å². The Balaban J connectivity index is 0.000000242. The molecular formula is C30H46O2. The van der Waals surface area contributed by atoms with Crippen molar-refractivity contribution in [3.05, 3.63) is 59.7 Å². The molecule has 32 heavy (non-hydrogen) atoms. The van der Waals surface area contributed by atoms with E-state index < -0.39 is 0 Å². The zero-order valence-electron chi connectivity index (χ0n) is 20.4. The molecule has 1 saturated carbocycles. The first-order chi connectivity index (χ1) is 15.7. The molecule has 0 unspecified atom stereocenters. The van der Waals surface area contributed by atoms with Crippen molar-refractivity contribution in [2.24, 2.45) is 0 Å². The Hall–Kier alpha value is -1.96. The number of aromatic hydroxyl groups is 2. The Morgan fingerprint density at radius 3 is 1.75 bits per heavy atom. The zero-order chi connectivity index (χ0) is 22.9. The summed E-state index contributed by atoms with van der Waals surface area (Å²) in [5.74, 6) is 1.54. The van der Waals surface area contributed by atoms with Crippen molar-refractivity contribution in [3.63, 3.8) is 0 Å². The third-order valence-corrected chi connectivity index (χ3v) is 6.77. The van der Waals surface area contributed by atoms with Gasteiger partial charge in [0, 0.05) is 0 Å². The van der Waals surface area contributed by atoms with Crippen LogP contribution in [0, 0.1) is 0 Å². The number of phenolic OH excluding ortho intramolecular Hbond substituents is 2. The van der Waals surface area contributed by atoms with E-state index in [0.29, 0.717) is 17.4 Å². The average molecular weight is 439 g/mol. The molecule has 0 bridgehead atoms. The van der Waals surface area contributed by atoms with Gasteiger partial charge in [-0.3, -0.25) is 0 Å². The van der Waals surface area contributed by atoms with E-state index in [0.717, 1.165) is 17.5 Å². The lowest BCUT2D eigenvalue weighted by Crippen LogP contribution is -2.04. The standard InChI is InChI=1S/C18H30O.C12H16O/c1-2-3-4-5-6-7-8-9-10-11-14-17-15-12-13-16-18(17)19;13-12-9-5-4-8-11(12)10-6-2-1-3-7-10/h12-13,15-16,19H,2-11,14H2,1H3;4-5,8-10,13H,1-3,6-7H2. The van der Waals surface area contributed by atoms with E-state index in [1.165, 1.54) is 96.3 Å². The van der Waals surface area contributed by atoms with Gasteiger partial charge in [0.25, 0.3) is 0 Å². The normalized spacial score (nSPS) is 14.0. The summed E-state index contributed by atoms with van der Waals surface area (Å²) in [6, 6.07) is 15.5. The van der Waals surface area contributed by atoms with Gasteiger partial charge >= 0.3 is 0 Å². The van der Waals surface area contributed by atoms with E-state index in [1.54, 1.807) is 12.1 Å². The van der Waals surface area contributed by atoms with Gasteiger partial charge in [0.15, 0.2) is 0 Å². The molecule has 0 amide bonds. The van der Waals surface area contributed by atoms with Gasteiger partial charge in [-0.2, -0.15) is 0 Å². The highest BCUT2D eigenvalue weighted by Gasteiger charge is 2.17. The smallest absolute Gasteiger partial charge is 0.119 e. The van der Waals surface area contributed by atoms with E-state index in [-0.39, 0.29) is 0 Å².